The van der Waals surface area contributed by atoms with E-state index in [4.69, 9.17) is 33.0 Å². The monoisotopic (exact) mass is 290 g/mol. The van der Waals surface area contributed by atoms with Crippen LogP contribution in [0.5, 0.6) is 0 Å². The summed E-state index contributed by atoms with van der Waals surface area (Å²) in [5, 5.41) is 9.31. The zero-order chi connectivity index (χ0) is 13.3. The number of carboxylic acid groups (broad SMARTS) is 1. The summed E-state index contributed by atoms with van der Waals surface area (Å²) < 4.78 is 5.56. The standard InChI is InChI=1S/C11H12Cl2N2O3/c1-11(9(16)17)2-7(3-11)18-5-6-4-14-10(13)15-8(6)12/h4,7H,2-3,5H2,1H3,(H,16,17). The lowest BCUT2D eigenvalue weighted by atomic mass is 9.68. The van der Waals surface area contributed by atoms with Gasteiger partial charge in [0.25, 0.3) is 0 Å². The molecule has 0 radical (unpaired) electrons. The van der Waals surface area contributed by atoms with Crippen LogP contribution in [0.15, 0.2) is 6.20 Å². The summed E-state index contributed by atoms with van der Waals surface area (Å²) in [5.74, 6) is -0.782. The second kappa shape index (κ2) is 4.99. The molecule has 1 heterocycles. The number of carboxylic acids is 1. The molecule has 0 amide bonds. The van der Waals surface area contributed by atoms with E-state index in [-0.39, 0.29) is 23.1 Å². The Labute approximate surface area is 114 Å². The Kier molecular flexibility index (Phi) is 3.75. The Morgan fingerprint density at radius 1 is 1.61 bits per heavy atom. The number of carbonyl (C=O) groups is 1. The number of rotatable bonds is 4. The highest BCUT2D eigenvalue weighted by molar-refractivity contribution is 6.32. The van der Waals surface area contributed by atoms with Crippen LogP contribution in [-0.2, 0) is 16.1 Å². The Bertz CT molecular complexity index is 475. The van der Waals surface area contributed by atoms with Crippen molar-refractivity contribution < 1.29 is 14.6 Å². The first-order chi connectivity index (χ1) is 8.40. The number of hydrogen-bond acceptors (Lipinski definition) is 4. The maximum atomic E-state index is 10.9. The molecule has 0 unspecified atom stereocenters. The fourth-order valence-corrected chi connectivity index (χ4v) is 2.27. The molecule has 1 aromatic rings. The van der Waals surface area contributed by atoms with Crippen molar-refractivity contribution in [2.24, 2.45) is 5.41 Å². The van der Waals surface area contributed by atoms with Crippen molar-refractivity contribution >= 4 is 29.2 Å². The van der Waals surface area contributed by atoms with Gasteiger partial charge in [0.2, 0.25) is 5.28 Å². The smallest absolute Gasteiger partial charge is 0.309 e. The Morgan fingerprint density at radius 2 is 2.28 bits per heavy atom. The molecule has 0 spiro atoms. The highest BCUT2D eigenvalue weighted by atomic mass is 35.5. The average molecular weight is 291 g/mol. The summed E-state index contributed by atoms with van der Waals surface area (Å²) in [6, 6.07) is 0. The minimum Gasteiger partial charge on any atom is -0.481 e. The van der Waals surface area contributed by atoms with Gasteiger partial charge in [-0.05, 0) is 31.4 Å². The van der Waals surface area contributed by atoms with Crippen LogP contribution in [0.4, 0.5) is 0 Å². The summed E-state index contributed by atoms with van der Waals surface area (Å²) in [6.07, 6.45) is 2.47. The zero-order valence-corrected chi connectivity index (χ0v) is 11.2. The largest absolute Gasteiger partial charge is 0.481 e. The van der Waals surface area contributed by atoms with Crippen LogP contribution in [0.2, 0.25) is 10.4 Å². The summed E-state index contributed by atoms with van der Waals surface area (Å²) in [7, 11) is 0. The average Bonchev–Trinajstić information content (AvgIpc) is 2.24. The summed E-state index contributed by atoms with van der Waals surface area (Å²) in [4.78, 5) is 18.5. The molecule has 0 bridgehead atoms. The fraction of sp³-hybridized carbons (Fsp3) is 0.545. The third kappa shape index (κ3) is 2.74. The van der Waals surface area contributed by atoms with Crippen molar-refractivity contribution in [1.29, 1.82) is 0 Å². The number of nitrogens with zero attached hydrogens (tertiary/aromatic N) is 2. The van der Waals surface area contributed by atoms with Crippen LogP contribution in [-0.4, -0.2) is 27.1 Å². The molecule has 5 nitrogen and oxygen atoms in total. The molecule has 1 aliphatic rings. The molecule has 18 heavy (non-hydrogen) atoms. The van der Waals surface area contributed by atoms with Gasteiger partial charge in [0.15, 0.2) is 0 Å². The lowest BCUT2D eigenvalue weighted by Crippen LogP contribution is -2.45. The van der Waals surface area contributed by atoms with Crippen molar-refractivity contribution in [2.75, 3.05) is 0 Å². The normalized spacial score (nSPS) is 26.7. The quantitative estimate of drug-likeness (QED) is 0.681. The predicted octanol–water partition coefficient (Wildman–Crippen LogP) is 2.55. The molecular weight excluding hydrogens is 279 g/mol. The molecule has 1 aromatic heterocycles. The molecule has 0 atom stereocenters. The van der Waals surface area contributed by atoms with E-state index in [2.05, 4.69) is 9.97 Å². The van der Waals surface area contributed by atoms with Crippen LogP contribution in [0, 0.1) is 5.41 Å². The van der Waals surface area contributed by atoms with Crippen LogP contribution in [0.1, 0.15) is 25.3 Å². The topological polar surface area (TPSA) is 72.3 Å². The highest BCUT2D eigenvalue weighted by Crippen LogP contribution is 2.42. The van der Waals surface area contributed by atoms with E-state index in [1.165, 1.54) is 6.20 Å². The van der Waals surface area contributed by atoms with Gasteiger partial charge < -0.3 is 9.84 Å². The SMILES string of the molecule is CC1(C(=O)O)CC(OCc2cnc(Cl)nc2Cl)C1. The lowest BCUT2D eigenvalue weighted by Gasteiger charge is -2.41. The van der Waals surface area contributed by atoms with E-state index in [9.17, 15) is 4.79 Å². The van der Waals surface area contributed by atoms with Crippen LogP contribution < -0.4 is 0 Å². The molecule has 2 rings (SSSR count). The first-order valence-electron chi connectivity index (χ1n) is 5.42. The number of halogens is 2. The van der Waals surface area contributed by atoms with Gasteiger partial charge >= 0.3 is 5.97 Å². The van der Waals surface area contributed by atoms with Crippen LogP contribution >= 0.6 is 23.2 Å². The third-order valence-corrected chi connectivity index (χ3v) is 3.64. The number of hydrogen-bond donors (Lipinski definition) is 1. The highest BCUT2D eigenvalue weighted by Gasteiger charge is 2.47. The van der Waals surface area contributed by atoms with Gasteiger partial charge in [0.1, 0.15) is 5.15 Å². The van der Waals surface area contributed by atoms with E-state index in [0.29, 0.717) is 18.4 Å². The number of aromatic nitrogens is 2. The second-order valence-electron chi connectivity index (χ2n) is 4.66. The minimum absolute atomic E-state index is 0.0576. The second-order valence-corrected chi connectivity index (χ2v) is 5.36. The van der Waals surface area contributed by atoms with Crippen molar-refractivity contribution in [3.05, 3.63) is 22.2 Å². The molecule has 1 N–H and O–H groups in total. The number of aliphatic carboxylic acids is 1. The maximum absolute atomic E-state index is 10.9. The maximum Gasteiger partial charge on any atom is 0.309 e. The molecule has 1 saturated carbocycles. The molecule has 7 heteroatoms. The summed E-state index contributed by atoms with van der Waals surface area (Å²) >= 11 is 11.4. The molecule has 1 fully saturated rings. The zero-order valence-electron chi connectivity index (χ0n) is 9.69. The van der Waals surface area contributed by atoms with Gasteiger partial charge in [-0.25, -0.2) is 9.97 Å². The van der Waals surface area contributed by atoms with Gasteiger partial charge in [-0.1, -0.05) is 11.6 Å². The molecule has 0 aliphatic heterocycles. The fourth-order valence-electron chi connectivity index (χ4n) is 1.91. The molecule has 0 aromatic carbocycles. The first kappa shape index (κ1) is 13.5. The van der Waals surface area contributed by atoms with Crippen molar-refractivity contribution in [3.8, 4) is 0 Å². The van der Waals surface area contributed by atoms with E-state index >= 15 is 0 Å². The number of ether oxygens (including phenoxy) is 1. The summed E-state index contributed by atoms with van der Waals surface area (Å²) in [5.41, 5.74) is -0.0182. The van der Waals surface area contributed by atoms with Gasteiger partial charge in [-0.2, -0.15) is 0 Å². The van der Waals surface area contributed by atoms with Gasteiger partial charge in [0, 0.05) is 11.8 Å². The van der Waals surface area contributed by atoms with Gasteiger partial charge in [-0.15, -0.1) is 0 Å². The predicted molar refractivity (Wildman–Crippen MR) is 65.6 cm³/mol. The molecular formula is C11H12Cl2N2O3. The lowest BCUT2D eigenvalue weighted by molar-refractivity contribution is -0.165. The van der Waals surface area contributed by atoms with Gasteiger partial charge in [0.05, 0.1) is 18.1 Å². The minimum atomic E-state index is -0.782. The summed E-state index contributed by atoms with van der Waals surface area (Å²) in [6.45, 7) is 1.98. The molecule has 98 valence electrons. The third-order valence-electron chi connectivity index (χ3n) is 3.13. The Balaban J connectivity index is 1.85. The van der Waals surface area contributed by atoms with Crippen molar-refractivity contribution in [2.45, 2.75) is 32.5 Å². The van der Waals surface area contributed by atoms with E-state index in [0.717, 1.165) is 0 Å². The van der Waals surface area contributed by atoms with Crippen LogP contribution in [0.3, 0.4) is 0 Å². The van der Waals surface area contributed by atoms with E-state index in [1.807, 2.05) is 0 Å². The van der Waals surface area contributed by atoms with Crippen molar-refractivity contribution in [3.63, 3.8) is 0 Å². The molecule has 1 aliphatic carbocycles. The van der Waals surface area contributed by atoms with Crippen LogP contribution in [0.25, 0.3) is 0 Å². The van der Waals surface area contributed by atoms with E-state index < -0.39 is 11.4 Å². The Morgan fingerprint density at radius 3 is 2.83 bits per heavy atom. The van der Waals surface area contributed by atoms with E-state index in [1.54, 1.807) is 6.92 Å². The Hall–Kier alpha value is -0.910. The van der Waals surface area contributed by atoms with Gasteiger partial charge in [-0.3, -0.25) is 4.79 Å². The molecule has 0 saturated heterocycles. The first-order valence-corrected chi connectivity index (χ1v) is 6.18. The van der Waals surface area contributed by atoms with Crippen molar-refractivity contribution in [1.82, 2.24) is 9.97 Å².